The van der Waals surface area contributed by atoms with Crippen molar-refractivity contribution in [2.75, 3.05) is 40.1 Å². The predicted octanol–water partition coefficient (Wildman–Crippen LogP) is 4.08. The molecule has 1 fully saturated rings. The summed E-state index contributed by atoms with van der Waals surface area (Å²) < 4.78 is 65.4. The average Bonchev–Trinajstić information content (AvgIpc) is 3.18. The highest BCUT2D eigenvalue weighted by molar-refractivity contribution is 5.93. The van der Waals surface area contributed by atoms with Crippen LogP contribution in [0.4, 0.5) is 29.1 Å². The number of anilines is 2. The Morgan fingerprint density at radius 2 is 1.92 bits per heavy atom. The number of rotatable bonds is 6. The summed E-state index contributed by atoms with van der Waals surface area (Å²) in [7, 11) is 6.69. The number of alkyl halides is 3. The Morgan fingerprint density at radius 3 is 2.58 bits per heavy atom. The van der Waals surface area contributed by atoms with Crippen LogP contribution in [-0.4, -0.2) is 72.6 Å². The molecule has 1 N–H and O–H groups in total. The number of carbonyl (C=O) groups is 1. The molecule has 3 aromatic rings. The van der Waals surface area contributed by atoms with Gasteiger partial charge in [-0.1, -0.05) is 0 Å². The lowest BCUT2D eigenvalue weighted by atomic mass is 10.1. The first-order chi connectivity index (χ1) is 17.0. The molecule has 1 aliphatic rings. The van der Waals surface area contributed by atoms with Crippen molar-refractivity contribution in [1.29, 1.82) is 0 Å². The van der Waals surface area contributed by atoms with E-state index in [1.54, 1.807) is 26.2 Å². The zero-order valence-corrected chi connectivity index (χ0v) is 20.1. The quantitative estimate of drug-likeness (QED) is 0.504. The summed E-state index contributed by atoms with van der Waals surface area (Å²) in [6.07, 6.45) is -3.29. The minimum atomic E-state index is -4.63. The Hall–Kier alpha value is -3.67. The standard InChI is InChI=1S/C24H25F4N5O3/c1-32(2)23(34)19-8-14(11-33(19)3)36-21-9-15-17(10-20(21)35-4)29-12-30-22(15)31-18-7-13(24(26,27)28)5-6-16(18)25/h5-7,9-10,12,14,19H,8,11H2,1-4H3,(H,29,30,31)/t14-,19+/m0/s1. The second-order valence-corrected chi connectivity index (χ2v) is 8.72. The molecule has 0 saturated carbocycles. The summed E-state index contributed by atoms with van der Waals surface area (Å²) in [5.41, 5.74) is -0.971. The van der Waals surface area contributed by atoms with Gasteiger partial charge < -0.3 is 19.7 Å². The SMILES string of the molecule is COc1cc2ncnc(Nc3cc(C(F)(F)F)ccc3F)c2cc1O[C@H]1C[C@H](C(=O)N(C)C)N(C)C1. The van der Waals surface area contributed by atoms with Crippen LogP contribution >= 0.6 is 0 Å². The number of fused-ring (bicyclic) bond motifs is 1. The van der Waals surface area contributed by atoms with Crippen LogP contribution < -0.4 is 14.8 Å². The molecular weight excluding hydrogens is 482 g/mol. The summed E-state index contributed by atoms with van der Waals surface area (Å²) in [5, 5.41) is 3.03. The highest BCUT2D eigenvalue weighted by Crippen LogP contribution is 2.38. The maximum absolute atomic E-state index is 14.4. The summed E-state index contributed by atoms with van der Waals surface area (Å²) in [6, 6.07) is 4.95. The molecule has 192 valence electrons. The van der Waals surface area contributed by atoms with Crippen LogP contribution in [0.25, 0.3) is 10.9 Å². The minimum Gasteiger partial charge on any atom is -0.493 e. The van der Waals surface area contributed by atoms with Crippen LogP contribution in [0.5, 0.6) is 11.5 Å². The molecule has 0 spiro atoms. The molecule has 0 bridgehead atoms. The molecule has 0 unspecified atom stereocenters. The van der Waals surface area contributed by atoms with E-state index in [9.17, 15) is 22.4 Å². The predicted molar refractivity (Wildman–Crippen MR) is 125 cm³/mol. The first-order valence-electron chi connectivity index (χ1n) is 11.0. The molecule has 8 nitrogen and oxygen atoms in total. The van der Waals surface area contributed by atoms with E-state index in [-0.39, 0.29) is 29.6 Å². The van der Waals surface area contributed by atoms with Gasteiger partial charge in [-0.25, -0.2) is 14.4 Å². The first-order valence-corrected chi connectivity index (χ1v) is 11.0. The Balaban J connectivity index is 1.67. The van der Waals surface area contributed by atoms with Gasteiger partial charge in [0.1, 0.15) is 24.1 Å². The van der Waals surface area contributed by atoms with Crippen LogP contribution in [0.2, 0.25) is 0 Å². The van der Waals surface area contributed by atoms with Crippen molar-refractivity contribution in [1.82, 2.24) is 19.8 Å². The molecule has 2 aromatic carbocycles. The second-order valence-electron chi connectivity index (χ2n) is 8.72. The largest absolute Gasteiger partial charge is 0.493 e. The lowest BCUT2D eigenvalue weighted by Gasteiger charge is -2.21. The van der Waals surface area contributed by atoms with Crippen LogP contribution in [-0.2, 0) is 11.0 Å². The Labute approximate surface area is 204 Å². The van der Waals surface area contributed by atoms with Gasteiger partial charge in [0.05, 0.1) is 29.9 Å². The van der Waals surface area contributed by atoms with Gasteiger partial charge in [0.25, 0.3) is 0 Å². The molecule has 4 rings (SSSR count). The molecule has 0 aliphatic carbocycles. The highest BCUT2D eigenvalue weighted by atomic mass is 19.4. The summed E-state index contributed by atoms with van der Waals surface area (Å²) >= 11 is 0. The van der Waals surface area contributed by atoms with Crippen molar-refractivity contribution in [2.24, 2.45) is 0 Å². The fourth-order valence-electron chi connectivity index (χ4n) is 4.14. The molecule has 0 radical (unpaired) electrons. The number of likely N-dealkylation sites (tertiary alicyclic amines) is 1. The zero-order valence-electron chi connectivity index (χ0n) is 20.1. The third-order valence-electron chi connectivity index (χ3n) is 6.00. The van der Waals surface area contributed by atoms with Gasteiger partial charge in [0, 0.05) is 38.5 Å². The lowest BCUT2D eigenvalue weighted by Crippen LogP contribution is -2.40. The van der Waals surface area contributed by atoms with Crippen molar-refractivity contribution in [2.45, 2.75) is 24.7 Å². The van der Waals surface area contributed by atoms with Gasteiger partial charge in [-0.2, -0.15) is 13.2 Å². The number of ether oxygens (including phenoxy) is 2. The Bertz CT molecular complexity index is 1280. The smallest absolute Gasteiger partial charge is 0.416 e. The lowest BCUT2D eigenvalue weighted by molar-refractivity contribution is -0.137. The van der Waals surface area contributed by atoms with Gasteiger partial charge in [-0.15, -0.1) is 0 Å². The van der Waals surface area contributed by atoms with Crippen LogP contribution in [0.15, 0.2) is 36.7 Å². The fourth-order valence-corrected chi connectivity index (χ4v) is 4.14. The van der Waals surface area contributed by atoms with Crippen molar-refractivity contribution in [3.8, 4) is 11.5 Å². The van der Waals surface area contributed by atoms with E-state index in [1.165, 1.54) is 18.3 Å². The number of hydrogen-bond acceptors (Lipinski definition) is 7. The van der Waals surface area contributed by atoms with Crippen LogP contribution in [0.1, 0.15) is 12.0 Å². The van der Waals surface area contributed by atoms with Crippen molar-refractivity contribution in [3.63, 3.8) is 0 Å². The number of aromatic nitrogens is 2. The molecule has 1 aliphatic heterocycles. The molecule has 1 amide bonds. The number of halogens is 4. The van der Waals surface area contributed by atoms with Gasteiger partial charge in [-0.3, -0.25) is 9.69 Å². The number of likely N-dealkylation sites (N-methyl/N-ethyl adjacent to an activating group) is 2. The number of carbonyl (C=O) groups excluding carboxylic acids is 1. The maximum atomic E-state index is 14.4. The van der Waals surface area contributed by atoms with Gasteiger partial charge in [-0.05, 0) is 31.3 Å². The van der Waals surface area contributed by atoms with Gasteiger partial charge in [0.15, 0.2) is 11.5 Å². The number of amides is 1. The number of hydrogen-bond donors (Lipinski definition) is 1. The van der Waals surface area contributed by atoms with Crippen LogP contribution in [0, 0.1) is 5.82 Å². The first kappa shape index (κ1) is 25.4. The molecule has 1 saturated heterocycles. The molecular formula is C24H25F4N5O3. The van der Waals surface area contributed by atoms with E-state index in [0.717, 1.165) is 6.07 Å². The zero-order chi connectivity index (χ0) is 26.2. The maximum Gasteiger partial charge on any atom is 0.416 e. The summed E-state index contributed by atoms with van der Waals surface area (Å²) in [6.45, 7) is 0.497. The van der Waals surface area contributed by atoms with Crippen molar-refractivity contribution in [3.05, 3.63) is 48.0 Å². The second kappa shape index (κ2) is 9.76. The van der Waals surface area contributed by atoms with Crippen molar-refractivity contribution >= 4 is 28.3 Å². The molecule has 2 atom stereocenters. The molecule has 2 heterocycles. The highest BCUT2D eigenvalue weighted by Gasteiger charge is 2.37. The number of nitrogens with zero attached hydrogens (tertiary/aromatic N) is 4. The Kier molecular flexibility index (Phi) is 6.90. The average molecular weight is 507 g/mol. The van der Waals surface area contributed by atoms with Gasteiger partial charge in [0.2, 0.25) is 5.91 Å². The minimum absolute atomic E-state index is 0.0305. The normalized spacial score (nSPS) is 18.3. The summed E-state index contributed by atoms with van der Waals surface area (Å²) in [4.78, 5) is 24.2. The van der Waals surface area contributed by atoms with Crippen molar-refractivity contribution < 1.29 is 31.8 Å². The topological polar surface area (TPSA) is 79.8 Å². The van der Waals surface area contributed by atoms with E-state index >= 15 is 0 Å². The van der Waals surface area contributed by atoms with E-state index < -0.39 is 17.6 Å². The monoisotopic (exact) mass is 507 g/mol. The number of methoxy groups -OCH3 is 1. The third-order valence-corrected chi connectivity index (χ3v) is 6.00. The van der Waals surface area contributed by atoms with Gasteiger partial charge >= 0.3 is 6.18 Å². The van der Waals surface area contributed by atoms with E-state index in [1.807, 2.05) is 11.9 Å². The van der Waals surface area contributed by atoms with E-state index in [4.69, 9.17) is 9.47 Å². The Morgan fingerprint density at radius 1 is 1.17 bits per heavy atom. The van der Waals surface area contributed by atoms with E-state index in [2.05, 4.69) is 15.3 Å². The molecule has 1 aromatic heterocycles. The fraction of sp³-hybridized carbons (Fsp3) is 0.375. The van der Waals surface area contributed by atoms with E-state index in [0.29, 0.717) is 47.5 Å². The summed E-state index contributed by atoms with van der Waals surface area (Å²) in [5.74, 6) is -0.0940. The molecule has 12 heteroatoms. The number of benzene rings is 2. The molecule has 36 heavy (non-hydrogen) atoms. The third kappa shape index (κ3) is 5.13. The van der Waals surface area contributed by atoms with Crippen LogP contribution in [0.3, 0.4) is 0 Å². The number of nitrogens with one attached hydrogen (secondary N) is 1.